The average Bonchev–Trinajstić information content (AvgIpc) is 3.05. The molecule has 4 rings (SSSR count). The molecule has 0 bridgehead atoms. The van der Waals surface area contributed by atoms with E-state index in [0.717, 1.165) is 12.8 Å². The first kappa shape index (κ1) is 18.3. The Morgan fingerprint density at radius 3 is 2.81 bits per heavy atom. The second kappa shape index (κ2) is 5.98. The summed E-state index contributed by atoms with van der Waals surface area (Å²) in [5.41, 5.74) is 0.428. The summed E-state index contributed by atoms with van der Waals surface area (Å²) in [6.07, 6.45) is 2.14. The van der Waals surface area contributed by atoms with Crippen LogP contribution in [0.5, 0.6) is 5.88 Å². The van der Waals surface area contributed by atoms with Crippen molar-refractivity contribution in [2.75, 3.05) is 13.7 Å². The molecule has 2 aliphatic heterocycles. The fraction of sp³-hybridized carbons (Fsp3) is 0.556. The molecule has 0 saturated carbocycles. The normalized spacial score (nSPS) is 27.9. The van der Waals surface area contributed by atoms with Gasteiger partial charge in [0.1, 0.15) is 5.69 Å². The van der Waals surface area contributed by atoms with Gasteiger partial charge >= 0.3 is 0 Å². The number of carbonyl (C=O) groups is 1. The number of hydrogen-bond donors (Lipinski definition) is 3. The highest BCUT2D eigenvalue weighted by Crippen LogP contribution is 2.59. The molecular formula is C18H22N2O7. The highest BCUT2D eigenvalue weighted by atomic mass is 16.9. The number of nitrogens with zero attached hydrogens (tertiary/aromatic N) is 2. The molecule has 4 heterocycles. The third kappa shape index (κ3) is 2.43. The average molecular weight is 378 g/mol. The molecule has 1 spiro atoms. The maximum absolute atomic E-state index is 12.2. The number of Topliss-reactive ketones (excluding diaryl/α,β-unsaturated/α-hetero) is 1. The van der Waals surface area contributed by atoms with Crippen molar-refractivity contribution in [3.63, 3.8) is 0 Å². The van der Waals surface area contributed by atoms with Gasteiger partial charge in [-0.2, -0.15) is 9.61 Å². The SMILES string of the molecule is CCC(=O)c1ccc(OC)n2nc(C(O)(O)C3(O)OC34CCCCO4)cc12. The van der Waals surface area contributed by atoms with Crippen LogP contribution in [-0.2, 0) is 15.3 Å². The zero-order valence-corrected chi connectivity index (χ0v) is 15.1. The van der Waals surface area contributed by atoms with Crippen molar-refractivity contribution < 1.29 is 34.3 Å². The molecule has 9 heteroatoms. The van der Waals surface area contributed by atoms with Crippen LogP contribution < -0.4 is 4.74 Å². The molecule has 0 aliphatic carbocycles. The summed E-state index contributed by atoms with van der Waals surface area (Å²) in [6, 6.07) is 4.49. The van der Waals surface area contributed by atoms with Crippen molar-refractivity contribution in [1.82, 2.24) is 9.61 Å². The van der Waals surface area contributed by atoms with Gasteiger partial charge in [0, 0.05) is 24.5 Å². The lowest BCUT2D eigenvalue weighted by Crippen LogP contribution is -2.49. The molecule has 2 saturated heterocycles. The van der Waals surface area contributed by atoms with E-state index in [1.54, 1.807) is 19.1 Å². The second-order valence-electron chi connectivity index (χ2n) is 6.87. The third-order valence-corrected chi connectivity index (χ3v) is 5.27. The van der Waals surface area contributed by atoms with Crippen LogP contribution in [0.3, 0.4) is 0 Å². The van der Waals surface area contributed by atoms with Gasteiger partial charge in [-0.05, 0) is 25.0 Å². The number of pyridine rings is 1. The van der Waals surface area contributed by atoms with Crippen molar-refractivity contribution in [1.29, 1.82) is 0 Å². The van der Waals surface area contributed by atoms with Crippen LogP contribution >= 0.6 is 0 Å². The van der Waals surface area contributed by atoms with Crippen LogP contribution in [-0.4, -0.2) is 56.0 Å². The lowest BCUT2D eigenvalue weighted by Gasteiger charge is -2.27. The van der Waals surface area contributed by atoms with E-state index in [1.165, 1.54) is 17.7 Å². The van der Waals surface area contributed by atoms with Crippen LogP contribution in [0.15, 0.2) is 18.2 Å². The van der Waals surface area contributed by atoms with Gasteiger partial charge in [0.05, 0.1) is 19.2 Å². The van der Waals surface area contributed by atoms with Gasteiger partial charge in [0.15, 0.2) is 5.78 Å². The number of fused-ring (bicyclic) bond motifs is 1. The molecule has 2 fully saturated rings. The third-order valence-electron chi connectivity index (χ3n) is 5.27. The zero-order chi connectivity index (χ0) is 19.4. The highest BCUT2D eigenvalue weighted by Gasteiger charge is 2.82. The maximum Gasteiger partial charge on any atom is 0.286 e. The first-order valence-electron chi connectivity index (χ1n) is 8.91. The number of methoxy groups -OCH3 is 1. The van der Waals surface area contributed by atoms with Crippen molar-refractivity contribution in [3.8, 4) is 5.88 Å². The molecule has 27 heavy (non-hydrogen) atoms. The van der Waals surface area contributed by atoms with Gasteiger partial charge in [-0.1, -0.05) is 6.92 Å². The standard InChI is InChI=1S/C18H22N2O7/c1-3-13(21)11-6-7-15(25-2)20-12(11)10-14(19-20)17(22,23)18(24)16(27-18)8-4-5-9-26-16/h6-7,10,22-24H,3-5,8-9H2,1-2H3. The molecule has 146 valence electrons. The van der Waals surface area contributed by atoms with Gasteiger partial charge in [0.25, 0.3) is 11.6 Å². The summed E-state index contributed by atoms with van der Waals surface area (Å²) in [7, 11) is 1.44. The second-order valence-corrected chi connectivity index (χ2v) is 6.87. The summed E-state index contributed by atoms with van der Waals surface area (Å²) in [5.74, 6) is -6.48. The Morgan fingerprint density at radius 2 is 2.19 bits per heavy atom. The summed E-state index contributed by atoms with van der Waals surface area (Å²) in [4.78, 5) is 12.2. The van der Waals surface area contributed by atoms with Gasteiger partial charge in [-0.25, -0.2) is 0 Å². The Kier molecular flexibility index (Phi) is 4.06. The quantitative estimate of drug-likeness (QED) is 0.394. The van der Waals surface area contributed by atoms with Gasteiger partial charge in [-0.3, -0.25) is 4.79 Å². The number of epoxide rings is 1. The topological polar surface area (TPSA) is 126 Å². The lowest BCUT2D eigenvalue weighted by molar-refractivity contribution is -0.288. The smallest absolute Gasteiger partial charge is 0.286 e. The first-order valence-corrected chi connectivity index (χ1v) is 8.91. The highest BCUT2D eigenvalue weighted by molar-refractivity contribution is 6.02. The Bertz CT molecular complexity index is 900. The maximum atomic E-state index is 12.2. The minimum atomic E-state index is -2.84. The number of carbonyl (C=O) groups excluding carboxylic acids is 1. The molecule has 2 aromatic heterocycles. The molecule has 0 radical (unpaired) electrons. The summed E-state index contributed by atoms with van der Waals surface area (Å²) in [5, 5.41) is 36.4. The minimum Gasteiger partial charge on any atom is -0.481 e. The van der Waals surface area contributed by atoms with Gasteiger partial charge in [-0.15, -0.1) is 0 Å². The van der Waals surface area contributed by atoms with Crippen LogP contribution in [0.1, 0.15) is 48.7 Å². The monoisotopic (exact) mass is 378 g/mol. The van der Waals surface area contributed by atoms with E-state index in [2.05, 4.69) is 5.10 Å². The fourth-order valence-electron chi connectivity index (χ4n) is 3.64. The minimum absolute atomic E-state index is 0.135. The largest absolute Gasteiger partial charge is 0.481 e. The number of aliphatic hydroxyl groups is 3. The van der Waals surface area contributed by atoms with E-state index in [9.17, 15) is 20.1 Å². The zero-order valence-electron chi connectivity index (χ0n) is 15.1. The molecular weight excluding hydrogens is 356 g/mol. The lowest BCUT2D eigenvalue weighted by atomic mass is 9.95. The Balaban J connectivity index is 1.81. The predicted octanol–water partition coefficient (Wildman–Crippen LogP) is 0.689. The Morgan fingerprint density at radius 1 is 1.41 bits per heavy atom. The van der Waals surface area contributed by atoms with Gasteiger partial charge < -0.3 is 29.5 Å². The van der Waals surface area contributed by atoms with Crippen molar-refractivity contribution in [3.05, 3.63) is 29.5 Å². The van der Waals surface area contributed by atoms with Gasteiger partial charge in [0.2, 0.25) is 11.7 Å². The molecule has 2 aliphatic rings. The van der Waals surface area contributed by atoms with Crippen LogP contribution in [0, 0.1) is 0 Å². The summed E-state index contributed by atoms with van der Waals surface area (Å²) < 4.78 is 17.3. The number of hydrogen-bond acceptors (Lipinski definition) is 8. The molecule has 3 N–H and O–H groups in total. The van der Waals surface area contributed by atoms with E-state index >= 15 is 0 Å². The fourth-order valence-corrected chi connectivity index (χ4v) is 3.64. The van der Waals surface area contributed by atoms with E-state index in [-0.39, 0.29) is 17.9 Å². The van der Waals surface area contributed by atoms with E-state index in [4.69, 9.17) is 14.2 Å². The summed E-state index contributed by atoms with van der Waals surface area (Å²) >= 11 is 0. The molecule has 0 aromatic carbocycles. The van der Waals surface area contributed by atoms with E-state index in [0.29, 0.717) is 30.0 Å². The van der Waals surface area contributed by atoms with Crippen molar-refractivity contribution in [2.45, 2.75) is 50.0 Å². The van der Waals surface area contributed by atoms with Crippen LogP contribution in [0.2, 0.25) is 0 Å². The van der Waals surface area contributed by atoms with Crippen molar-refractivity contribution in [2.24, 2.45) is 0 Å². The number of ether oxygens (including phenoxy) is 3. The Hall–Kier alpha value is -2.04. The molecule has 2 unspecified atom stereocenters. The number of ketones is 1. The van der Waals surface area contributed by atoms with Crippen LogP contribution in [0.4, 0.5) is 0 Å². The first-order chi connectivity index (χ1) is 12.8. The molecule has 9 nitrogen and oxygen atoms in total. The molecule has 2 atom stereocenters. The van der Waals surface area contributed by atoms with Crippen molar-refractivity contribution >= 4 is 11.3 Å². The Labute approximate surface area is 155 Å². The number of rotatable bonds is 5. The molecule has 0 amide bonds. The van der Waals surface area contributed by atoms with Crippen LogP contribution in [0.25, 0.3) is 5.52 Å². The van der Waals surface area contributed by atoms with E-state index in [1.807, 2.05) is 0 Å². The van der Waals surface area contributed by atoms with E-state index < -0.39 is 17.4 Å². The predicted molar refractivity (Wildman–Crippen MR) is 91.0 cm³/mol. The number of aromatic nitrogens is 2. The molecule has 2 aromatic rings. The summed E-state index contributed by atoms with van der Waals surface area (Å²) in [6.45, 7) is 2.08.